The molecule has 0 unspecified atom stereocenters. The molecule has 8 heteroatoms. The molecule has 0 amide bonds. The van der Waals surface area contributed by atoms with Gasteiger partial charge < -0.3 is 10.2 Å². The minimum Gasteiger partial charge on any atom is -0.349 e. The molecule has 0 saturated heterocycles. The molecule has 0 aliphatic heterocycles. The number of hydrogen-bond donors (Lipinski definition) is 1. The van der Waals surface area contributed by atoms with Crippen molar-refractivity contribution in [2.45, 2.75) is 13.1 Å². The van der Waals surface area contributed by atoms with Gasteiger partial charge in [-0.1, -0.05) is 30.3 Å². The van der Waals surface area contributed by atoms with E-state index in [0.717, 1.165) is 17.1 Å². The number of aromatic nitrogens is 3. The van der Waals surface area contributed by atoms with Crippen molar-refractivity contribution in [3.8, 4) is 5.69 Å². The van der Waals surface area contributed by atoms with Crippen molar-refractivity contribution < 1.29 is 4.39 Å². The molecule has 0 spiro atoms. The van der Waals surface area contributed by atoms with Crippen LogP contribution in [0.3, 0.4) is 0 Å². The second kappa shape index (κ2) is 10.0. The molecule has 3 rings (SSSR count). The highest BCUT2D eigenvalue weighted by molar-refractivity contribution is 14.0. The Morgan fingerprint density at radius 2 is 1.96 bits per heavy atom. The van der Waals surface area contributed by atoms with E-state index in [1.807, 2.05) is 52.9 Å². The predicted molar refractivity (Wildman–Crippen MR) is 115 cm³/mol. The van der Waals surface area contributed by atoms with E-state index in [-0.39, 0.29) is 29.8 Å². The molecule has 6 nitrogen and oxygen atoms in total. The molecule has 0 bridgehead atoms. The van der Waals surface area contributed by atoms with Crippen molar-refractivity contribution in [3.05, 3.63) is 78.1 Å². The number of halogens is 2. The molecule has 1 N–H and O–H groups in total. The second-order valence-corrected chi connectivity index (χ2v) is 5.84. The van der Waals surface area contributed by atoms with E-state index in [0.29, 0.717) is 19.0 Å². The first-order valence-corrected chi connectivity index (χ1v) is 8.28. The Kier molecular flexibility index (Phi) is 7.71. The summed E-state index contributed by atoms with van der Waals surface area (Å²) in [6.07, 6.45) is 1.69. The van der Waals surface area contributed by atoms with Gasteiger partial charge in [0.05, 0.1) is 6.54 Å². The van der Waals surface area contributed by atoms with Gasteiger partial charge in [-0.2, -0.15) is 0 Å². The number of rotatable bonds is 5. The SMILES string of the molecule is CN=C(NCc1nncn1-c1ccccc1)N(C)Cc1cccc(F)c1.I. The maximum Gasteiger partial charge on any atom is 0.194 e. The minimum absolute atomic E-state index is 0. The quantitative estimate of drug-likeness (QED) is 0.346. The summed E-state index contributed by atoms with van der Waals surface area (Å²) in [5.41, 5.74) is 1.88. The molecular weight excluding hydrogens is 458 g/mol. The summed E-state index contributed by atoms with van der Waals surface area (Å²) >= 11 is 0. The van der Waals surface area contributed by atoms with Gasteiger partial charge in [0.2, 0.25) is 0 Å². The van der Waals surface area contributed by atoms with Gasteiger partial charge in [-0.3, -0.25) is 9.56 Å². The summed E-state index contributed by atoms with van der Waals surface area (Å²) in [6.45, 7) is 1.01. The van der Waals surface area contributed by atoms with Crippen molar-refractivity contribution in [2.24, 2.45) is 4.99 Å². The summed E-state index contributed by atoms with van der Waals surface area (Å²) in [5, 5.41) is 11.5. The van der Waals surface area contributed by atoms with E-state index in [1.165, 1.54) is 12.1 Å². The van der Waals surface area contributed by atoms with Crippen LogP contribution >= 0.6 is 24.0 Å². The van der Waals surface area contributed by atoms with E-state index < -0.39 is 0 Å². The number of para-hydroxylation sites is 1. The molecule has 0 aliphatic rings. The highest BCUT2D eigenvalue weighted by Gasteiger charge is 2.10. The van der Waals surface area contributed by atoms with E-state index in [4.69, 9.17) is 0 Å². The number of benzene rings is 2. The van der Waals surface area contributed by atoms with Gasteiger partial charge in [-0.15, -0.1) is 34.2 Å². The van der Waals surface area contributed by atoms with Crippen molar-refractivity contribution in [1.82, 2.24) is 25.0 Å². The molecule has 1 aromatic heterocycles. The fourth-order valence-electron chi connectivity index (χ4n) is 2.71. The third-order valence-corrected chi connectivity index (χ3v) is 3.94. The number of hydrogen-bond acceptors (Lipinski definition) is 3. The summed E-state index contributed by atoms with van der Waals surface area (Å²) in [5.74, 6) is 1.23. The average molecular weight is 480 g/mol. The third kappa shape index (κ3) is 5.49. The normalized spacial score (nSPS) is 11.0. The monoisotopic (exact) mass is 480 g/mol. The standard InChI is InChI=1S/C19H21FN6.HI/c1-21-19(25(2)13-15-7-6-8-16(20)11-15)22-12-18-24-23-14-26(18)17-9-4-3-5-10-17;/h3-11,14H,12-13H2,1-2H3,(H,21,22);1H. The summed E-state index contributed by atoms with van der Waals surface area (Å²) in [7, 11) is 3.62. The lowest BCUT2D eigenvalue weighted by atomic mass is 10.2. The zero-order valence-electron chi connectivity index (χ0n) is 15.2. The lowest BCUT2D eigenvalue weighted by Gasteiger charge is -2.22. The van der Waals surface area contributed by atoms with Gasteiger partial charge in [0.15, 0.2) is 11.8 Å². The van der Waals surface area contributed by atoms with Crippen LogP contribution in [0.1, 0.15) is 11.4 Å². The van der Waals surface area contributed by atoms with Crippen molar-refractivity contribution in [1.29, 1.82) is 0 Å². The molecule has 142 valence electrons. The highest BCUT2D eigenvalue weighted by atomic mass is 127. The topological polar surface area (TPSA) is 58.3 Å². The molecule has 1 heterocycles. The van der Waals surface area contributed by atoms with Crippen LogP contribution in [0.2, 0.25) is 0 Å². The number of nitrogens with zero attached hydrogens (tertiary/aromatic N) is 5. The molecule has 2 aromatic carbocycles. The smallest absolute Gasteiger partial charge is 0.194 e. The van der Waals surface area contributed by atoms with Crippen LogP contribution in [0.5, 0.6) is 0 Å². The van der Waals surface area contributed by atoms with Crippen LogP contribution in [0.4, 0.5) is 4.39 Å². The molecular formula is C19H22FIN6. The fourth-order valence-corrected chi connectivity index (χ4v) is 2.71. The van der Waals surface area contributed by atoms with Gasteiger partial charge in [-0.05, 0) is 29.8 Å². The maximum absolute atomic E-state index is 13.4. The Labute approximate surface area is 175 Å². The van der Waals surface area contributed by atoms with Crippen LogP contribution < -0.4 is 5.32 Å². The van der Waals surface area contributed by atoms with Crippen LogP contribution in [-0.2, 0) is 13.1 Å². The van der Waals surface area contributed by atoms with E-state index in [1.54, 1.807) is 19.4 Å². The molecule has 0 radical (unpaired) electrons. The van der Waals surface area contributed by atoms with Crippen LogP contribution in [0.25, 0.3) is 5.69 Å². The van der Waals surface area contributed by atoms with Gasteiger partial charge in [0.25, 0.3) is 0 Å². The predicted octanol–water partition coefficient (Wildman–Crippen LogP) is 3.23. The number of guanidine groups is 1. The summed E-state index contributed by atoms with van der Waals surface area (Å²) in [6, 6.07) is 16.5. The van der Waals surface area contributed by atoms with Gasteiger partial charge in [0, 0.05) is 26.3 Å². The summed E-state index contributed by atoms with van der Waals surface area (Å²) < 4.78 is 15.3. The Balaban J connectivity index is 0.00000261. The third-order valence-electron chi connectivity index (χ3n) is 3.94. The van der Waals surface area contributed by atoms with Gasteiger partial charge >= 0.3 is 0 Å². The van der Waals surface area contributed by atoms with Crippen LogP contribution in [-0.4, -0.2) is 39.7 Å². The van der Waals surface area contributed by atoms with Crippen molar-refractivity contribution in [3.63, 3.8) is 0 Å². The number of nitrogens with one attached hydrogen (secondary N) is 1. The van der Waals surface area contributed by atoms with Crippen LogP contribution in [0, 0.1) is 5.82 Å². The van der Waals surface area contributed by atoms with Gasteiger partial charge in [-0.25, -0.2) is 4.39 Å². The zero-order valence-corrected chi connectivity index (χ0v) is 17.5. The lowest BCUT2D eigenvalue weighted by Crippen LogP contribution is -2.38. The molecule has 27 heavy (non-hydrogen) atoms. The van der Waals surface area contributed by atoms with E-state index in [2.05, 4.69) is 20.5 Å². The second-order valence-electron chi connectivity index (χ2n) is 5.84. The largest absolute Gasteiger partial charge is 0.349 e. The highest BCUT2D eigenvalue weighted by Crippen LogP contribution is 2.09. The average Bonchev–Trinajstić information content (AvgIpc) is 3.11. The first-order chi connectivity index (χ1) is 12.7. The maximum atomic E-state index is 13.4. The van der Waals surface area contributed by atoms with Gasteiger partial charge in [0.1, 0.15) is 12.1 Å². The molecule has 0 aliphatic carbocycles. The molecule has 0 fully saturated rings. The van der Waals surface area contributed by atoms with E-state index >= 15 is 0 Å². The zero-order chi connectivity index (χ0) is 18.4. The summed E-state index contributed by atoms with van der Waals surface area (Å²) in [4.78, 5) is 6.22. The lowest BCUT2D eigenvalue weighted by molar-refractivity contribution is 0.473. The Bertz CT molecular complexity index is 881. The molecule has 3 aromatic rings. The van der Waals surface area contributed by atoms with Crippen LogP contribution in [0.15, 0.2) is 65.9 Å². The Morgan fingerprint density at radius 1 is 1.19 bits per heavy atom. The first-order valence-electron chi connectivity index (χ1n) is 8.28. The van der Waals surface area contributed by atoms with E-state index in [9.17, 15) is 4.39 Å². The Morgan fingerprint density at radius 3 is 2.67 bits per heavy atom. The molecule has 0 atom stereocenters. The first kappa shape index (κ1) is 20.8. The number of aliphatic imine (C=N–C) groups is 1. The van der Waals surface area contributed by atoms with Crippen molar-refractivity contribution in [2.75, 3.05) is 14.1 Å². The van der Waals surface area contributed by atoms with Crippen molar-refractivity contribution >= 4 is 29.9 Å². The minimum atomic E-state index is -0.241. The Hall–Kier alpha value is -2.49. The fraction of sp³-hybridized carbons (Fsp3) is 0.211. The molecule has 0 saturated carbocycles.